The van der Waals surface area contributed by atoms with Gasteiger partial charge in [0, 0.05) is 6.07 Å². The Morgan fingerprint density at radius 2 is 2.05 bits per heavy atom. The third kappa shape index (κ3) is 4.96. The van der Waals surface area contributed by atoms with E-state index < -0.39 is 5.97 Å². The first-order chi connectivity index (χ1) is 9.62. The van der Waals surface area contributed by atoms with Gasteiger partial charge in [-0.15, -0.1) is 0 Å². The van der Waals surface area contributed by atoms with Crippen LogP contribution in [-0.2, 0) is 4.74 Å². The number of esters is 1. The molecule has 0 aliphatic rings. The van der Waals surface area contributed by atoms with Crippen molar-refractivity contribution in [1.29, 1.82) is 0 Å². The molecule has 1 unspecified atom stereocenters. The average Bonchev–Trinajstić information content (AvgIpc) is 2.46. The van der Waals surface area contributed by atoms with Gasteiger partial charge in [-0.2, -0.15) is 12.6 Å². The normalized spacial score (nSPS) is 11.8. The van der Waals surface area contributed by atoms with Crippen molar-refractivity contribution in [2.75, 3.05) is 26.6 Å². The van der Waals surface area contributed by atoms with Crippen LogP contribution in [0.15, 0.2) is 18.2 Å². The average molecular weight is 298 g/mol. The number of ether oxygens (including phenoxy) is 3. The molecule has 0 saturated heterocycles. The van der Waals surface area contributed by atoms with E-state index in [1.54, 1.807) is 25.3 Å². The molecule has 0 spiro atoms. The molecule has 20 heavy (non-hydrogen) atoms. The maximum atomic E-state index is 11.7. The van der Waals surface area contributed by atoms with Crippen molar-refractivity contribution in [3.8, 4) is 11.5 Å². The van der Waals surface area contributed by atoms with Gasteiger partial charge in [0.15, 0.2) is 0 Å². The molecule has 0 N–H and O–H groups in total. The van der Waals surface area contributed by atoms with Crippen LogP contribution in [0.5, 0.6) is 11.5 Å². The Morgan fingerprint density at radius 1 is 1.30 bits per heavy atom. The van der Waals surface area contributed by atoms with Crippen LogP contribution in [-0.4, -0.2) is 32.5 Å². The van der Waals surface area contributed by atoms with Crippen LogP contribution in [0.3, 0.4) is 0 Å². The van der Waals surface area contributed by atoms with E-state index in [1.807, 2.05) is 0 Å². The molecule has 5 heteroatoms. The van der Waals surface area contributed by atoms with Gasteiger partial charge >= 0.3 is 5.97 Å². The van der Waals surface area contributed by atoms with Crippen LogP contribution >= 0.6 is 12.6 Å². The Bertz CT molecular complexity index is 434. The predicted molar refractivity (Wildman–Crippen MR) is 82.1 cm³/mol. The molecule has 1 atom stereocenters. The maximum absolute atomic E-state index is 11.7. The highest BCUT2D eigenvalue weighted by molar-refractivity contribution is 7.80. The number of thiol groups is 1. The number of rotatable bonds is 8. The summed E-state index contributed by atoms with van der Waals surface area (Å²) in [5, 5.41) is 0. The minimum Gasteiger partial charge on any atom is -0.497 e. The van der Waals surface area contributed by atoms with E-state index in [9.17, 15) is 4.79 Å². The Morgan fingerprint density at radius 3 is 2.65 bits per heavy atom. The molecule has 0 aliphatic carbocycles. The fraction of sp³-hybridized carbons (Fsp3) is 0.533. The molecule has 0 aromatic heterocycles. The number of methoxy groups -OCH3 is 2. The Balaban J connectivity index is 2.72. The summed E-state index contributed by atoms with van der Waals surface area (Å²) in [4.78, 5) is 11.7. The van der Waals surface area contributed by atoms with Gasteiger partial charge in [0.2, 0.25) is 0 Å². The quantitative estimate of drug-likeness (QED) is 0.591. The van der Waals surface area contributed by atoms with E-state index in [1.165, 1.54) is 7.11 Å². The van der Waals surface area contributed by atoms with E-state index in [0.717, 1.165) is 18.6 Å². The molecule has 112 valence electrons. The smallest absolute Gasteiger partial charge is 0.341 e. The van der Waals surface area contributed by atoms with Crippen LogP contribution < -0.4 is 9.47 Å². The summed E-state index contributed by atoms with van der Waals surface area (Å²) in [6.07, 6.45) is 1.97. The lowest BCUT2D eigenvalue weighted by molar-refractivity contribution is 0.0595. The standard InChI is InChI=1S/C15H22O4S/c1-11(7-9-20)6-8-19-14-10-12(17-2)4-5-13(14)15(16)18-3/h4-5,10-11,20H,6-9H2,1-3H3. The van der Waals surface area contributed by atoms with Crippen molar-refractivity contribution in [2.45, 2.75) is 19.8 Å². The number of carbonyl (C=O) groups excluding carboxylic acids is 1. The SMILES string of the molecule is COC(=O)c1ccc(OC)cc1OCCC(C)CCS. The Hall–Kier alpha value is -1.36. The lowest BCUT2D eigenvalue weighted by Gasteiger charge is -2.14. The highest BCUT2D eigenvalue weighted by Gasteiger charge is 2.14. The maximum Gasteiger partial charge on any atom is 0.341 e. The van der Waals surface area contributed by atoms with Crippen LogP contribution in [0.1, 0.15) is 30.1 Å². The molecular weight excluding hydrogens is 276 g/mol. The van der Waals surface area contributed by atoms with Gasteiger partial charge in [-0.3, -0.25) is 0 Å². The highest BCUT2D eigenvalue weighted by atomic mass is 32.1. The molecule has 0 aliphatic heterocycles. The van der Waals surface area contributed by atoms with E-state index >= 15 is 0 Å². The zero-order valence-electron chi connectivity index (χ0n) is 12.2. The third-order valence-electron chi connectivity index (χ3n) is 3.08. The number of hydrogen-bond donors (Lipinski definition) is 1. The van der Waals surface area contributed by atoms with Crippen molar-refractivity contribution in [1.82, 2.24) is 0 Å². The van der Waals surface area contributed by atoms with Gasteiger partial charge in [-0.1, -0.05) is 6.92 Å². The molecule has 0 bridgehead atoms. The van der Waals surface area contributed by atoms with Gasteiger partial charge in [-0.05, 0) is 36.6 Å². The first-order valence-electron chi connectivity index (χ1n) is 6.62. The Kier molecular flexibility index (Phi) is 7.30. The summed E-state index contributed by atoms with van der Waals surface area (Å²) in [7, 11) is 2.93. The largest absolute Gasteiger partial charge is 0.497 e. The second-order valence-electron chi connectivity index (χ2n) is 4.61. The summed E-state index contributed by atoms with van der Waals surface area (Å²) in [6, 6.07) is 5.06. The monoisotopic (exact) mass is 298 g/mol. The first kappa shape index (κ1) is 16.7. The molecule has 0 radical (unpaired) electrons. The third-order valence-corrected chi connectivity index (χ3v) is 3.34. The van der Waals surface area contributed by atoms with Crippen LogP contribution in [0.25, 0.3) is 0 Å². The van der Waals surface area contributed by atoms with Crippen molar-refractivity contribution in [3.05, 3.63) is 23.8 Å². The van der Waals surface area contributed by atoms with Gasteiger partial charge in [0.05, 0.1) is 20.8 Å². The van der Waals surface area contributed by atoms with E-state index in [0.29, 0.717) is 29.6 Å². The number of carbonyl (C=O) groups is 1. The van der Waals surface area contributed by atoms with Gasteiger partial charge in [-0.25, -0.2) is 4.79 Å². The van der Waals surface area contributed by atoms with Crippen molar-refractivity contribution < 1.29 is 19.0 Å². The lowest BCUT2D eigenvalue weighted by Crippen LogP contribution is -2.09. The summed E-state index contributed by atoms with van der Waals surface area (Å²) >= 11 is 4.22. The number of hydrogen-bond acceptors (Lipinski definition) is 5. The van der Waals surface area contributed by atoms with Crippen molar-refractivity contribution in [2.24, 2.45) is 5.92 Å². The molecule has 0 heterocycles. The molecule has 0 saturated carbocycles. The zero-order chi connectivity index (χ0) is 15.0. The fourth-order valence-electron chi connectivity index (χ4n) is 1.76. The summed E-state index contributed by atoms with van der Waals surface area (Å²) < 4.78 is 15.6. The zero-order valence-corrected chi connectivity index (χ0v) is 13.1. The molecule has 4 nitrogen and oxygen atoms in total. The molecule has 1 aromatic carbocycles. The molecule has 0 fully saturated rings. The molecule has 0 amide bonds. The minimum atomic E-state index is -0.411. The molecule has 1 rings (SSSR count). The second-order valence-corrected chi connectivity index (χ2v) is 5.06. The first-order valence-corrected chi connectivity index (χ1v) is 7.25. The number of benzene rings is 1. The van der Waals surface area contributed by atoms with E-state index in [4.69, 9.17) is 14.2 Å². The van der Waals surface area contributed by atoms with Gasteiger partial charge in [0.25, 0.3) is 0 Å². The van der Waals surface area contributed by atoms with Crippen molar-refractivity contribution >= 4 is 18.6 Å². The van der Waals surface area contributed by atoms with Gasteiger partial charge < -0.3 is 14.2 Å². The van der Waals surface area contributed by atoms with E-state index in [-0.39, 0.29) is 0 Å². The van der Waals surface area contributed by atoms with E-state index in [2.05, 4.69) is 19.6 Å². The summed E-state index contributed by atoms with van der Waals surface area (Å²) in [5.74, 6) is 2.14. The highest BCUT2D eigenvalue weighted by Crippen LogP contribution is 2.26. The predicted octanol–water partition coefficient (Wildman–Crippen LogP) is 3.21. The van der Waals surface area contributed by atoms with Crippen LogP contribution in [0.4, 0.5) is 0 Å². The summed E-state index contributed by atoms with van der Waals surface area (Å²) in [5.41, 5.74) is 0.412. The van der Waals surface area contributed by atoms with Crippen LogP contribution in [0.2, 0.25) is 0 Å². The fourth-order valence-corrected chi connectivity index (χ4v) is 2.20. The van der Waals surface area contributed by atoms with Crippen LogP contribution in [0, 0.1) is 5.92 Å². The lowest BCUT2D eigenvalue weighted by atomic mass is 10.1. The molecular formula is C15H22O4S. The minimum absolute atomic E-state index is 0.411. The van der Waals surface area contributed by atoms with Crippen molar-refractivity contribution in [3.63, 3.8) is 0 Å². The second kappa shape index (κ2) is 8.74. The Labute approximate surface area is 125 Å². The summed E-state index contributed by atoms with van der Waals surface area (Å²) in [6.45, 7) is 2.71. The topological polar surface area (TPSA) is 44.8 Å². The van der Waals surface area contributed by atoms with Gasteiger partial charge in [0.1, 0.15) is 17.1 Å². The molecule has 1 aromatic rings.